The highest BCUT2D eigenvalue weighted by atomic mass is 16.4. The Labute approximate surface area is 102 Å². The van der Waals surface area contributed by atoms with Crippen molar-refractivity contribution in [2.45, 2.75) is 45.6 Å². The van der Waals surface area contributed by atoms with Crippen LogP contribution in [0.4, 0.5) is 0 Å². The number of nitrogens with one attached hydrogen (secondary N) is 2. The SMILES string of the molecule is CCC(NC(=O)C1(CC)CCNCC1)C(=O)O. The average Bonchev–Trinajstić information content (AvgIpc) is 2.35. The van der Waals surface area contributed by atoms with E-state index in [2.05, 4.69) is 10.6 Å². The van der Waals surface area contributed by atoms with Crippen molar-refractivity contribution < 1.29 is 14.7 Å². The van der Waals surface area contributed by atoms with Gasteiger partial charge in [0.25, 0.3) is 0 Å². The van der Waals surface area contributed by atoms with Gasteiger partial charge >= 0.3 is 5.97 Å². The number of hydrogen-bond acceptors (Lipinski definition) is 3. The van der Waals surface area contributed by atoms with Gasteiger partial charge < -0.3 is 15.7 Å². The number of carboxylic acid groups (broad SMARTS) is 1. The molecule has 1 atom stereocenters. The molecule has 0 saturated carbocycles. The molecule has 1 aliphatic heterocycles. The molecule has 1 unspecified atom stereocenters. The van der Waals surface area contributed by atoms with E-state index >= 15 is 0 Å². The number of carboxylic acids is 1. The minimum Gasteiger partial charge on any atom is -0.480 e. The van der Waals surface area contributed by atoms with Gasteiger partial charge in [-0.3, -0.25) is 4.79 Å². The normalized spacial score (nSPS) is 20.6. The summed E-state index contributed by atoms with van der Waals surface area (Å²) in [4.78, 5) is 23.1. The molecule has 1 heterocycles. The Balaban J connectivity index is 2.68. The Morgan fingerprint density at radius 3 is 2.35 bits per heavy atom. The lowest BCUT2D eigenvalue weighted by atomic mass is 9.75. The van der Waals surface area contributed by atoms with Gasteiger partial charge in [-0.15, -0.1) is 0 Å². The summed E-state index contributed by atoms with van der Waals surface area (Å²) < 4.78 is 0. The Hall–Kier alpha value is -1.10. The van der Waals surface area contributed by atoms with E-state index in [-0.39, 0.29) is 11.3 Å². The number of carbonyl (C=O) groups excluding carboxylic acids is 1. The zero-order valence-electron chi connectivity index (χ0n) is 10.6. The van der Waals surface area contributed by atoms with Crippen LogP contribution in [0.2, 0.25) is 0 Å². The molecule has 17 heavy (non-hydrogen) atoms. The lowest BCUT2D eigenvalue weighted by Gasteiger charge is -2.36. The number of piperidine rings is 1. The molecule has 1 amide bonds. The van der Waals surface area contributed by atoms with Crippen LogP contribution in [-0.2, 0) is 9.59 Å². The molecule has 98 valence electrons. The summed E-state index contributed by atoms with van der Waals surface area (Å²) in [6.07, 6.45) is 2.74. The molecule has 1 saturated heterocycles. The van der Waals surface area contributed by atoms with Crippen molar-refractivity contribution in [1.82, 2.24) is 10.6 Å². The fourth-order valence-corrected chi connectivity index (χ4v) is 2.30. The number of rotatable bonds is 5. The van der Waals surface area contributed by atoms with Crippen LogP contribution in [0.15, 0.2) is 0 Å². The largest absolute Gasteiger partial charge is 0.480 e. The van der Waals surface area contributed by atoms with Gasteiger partial charge in [-0.2, -0.15) is 0 Å². The maximum Gasteiger partial charge on any atom is 0.326 e. The predicted octanol–water partition coefficient (Wildman–Crippen LogP) is 0.746. The quantitative estimate of drug-likeness (QED) is 0.664. The average molecular weight is 242 g/mol. The van der Waals surface area contributed by atoms with Crippen LogP contribution in [0.1, 0.15) is 39.5 Å². The summed E-state index contributed by atoms with van der Waals surface area (Å²) in [5.41, 5.74) is -0.381. The van der Waals surface area contributed by atoms with E-state index in [1.807, 2.05) is 6.92 Å². The van der Waals surface area contributed by atoms with Crippen molar-refractivity contribution in [3.8, 4) is 0 Å². The van der Waals surface area contributed by atoms with Crippen molar-refractivity contribution in [2.24, 2.45) is 5.41 Å². The van der Waals surface area contributed by atoms with E-state index in [4.69, 9.17) is 5.11 Å². The third kappa shape index (κ3) is 3.19. The van der Waals surface area contributed by atoms with Crippen molar-refractivity contribution in [3.63, 3.8) is 0 Å². The molecular formula is C12H22N2O3. The molecule has 5 heteroatoms. The van der Waals surface area contributed by atoms with Crippen LogP contribution in [0.3, 0.4) is 0 Å². The summed E-state index contributed by atoms with van der Waals surface area (Å²) in [6.45, 7) is 5.41. The van der Waals surface area contributed by atoms with Crippen LogP contribution in [-0.4, -0.2) is 36.1 Å². The first kappa shape index (κ1) is 14.0. The van der Waals surface area contributed by atoms with Crippen LogP contribution in [0, 0.1) is 5.41 Å². The number of carbonyl (C=O) groups is 2. The van der Waals surface area contributed by atoms with E-state index < -0.39 is 12.0 Å². The second-order valence-electron chi connectivity index (χ2n) is 4.66. The van der Waals surface area contributed by atoms with E-state index in [0.29, 0.717) is 6.42 Å². The maximum absolute atomic E-state index is 12.2. The van der Waals surface area contributed by atoms with Gasteiger partial charge in [0.2, 0.25) is 5.91 Å². The van der Waals surface area contributed by atoms with E-state index in [1.54, 1.807) is 6.92 Å². The van der Waals surface area contributed by atoms with E-state index in [1.165, 1.54) is 0 Å². The zero-order chi connectivity index (χ0) is 12.9. The molecule has 5 nitrogen and oxygen atoms in total. The molecule has 0 aromatic rings. The molecule has 0 bridgehead atoms. The Bertz CT molecular complexity index is 285. The number of aliphatic carboxylic acids is 1. The van der Waals surface area contributed by atoms with E-state index in [9.17, 15) is 9.59 Å². The van der Waals surface area contributed by atoms with Crippen molar-refractivity contribution in [2.75, 3.05) is 13.1 Å². The minimum absolute atomic E-state index is 0.101. The Morgan fingerprint density at radius 1 is 1.35 bits per heavy atom. The summed E-state index contributed by atoms with van der Waals surface area (Å²) >= 11 is 0. The molecule has 3 N–H and O–H groups in total. The summed E-state index contributed by atoms with van der Waals surface area (Å²) in [5.74, 6) is -1.06. The lowest BCUT2D eigenvalue weighted by Crippen LogP contribution is -2.51. The molecule has 1 aliphatic rings. The molecule has 0 aromatic heterocycles. The number of hydrogen-bond donors (Lipinski definition) is 3. The third-order valence-electron chi connectivity index (χ3n) is 3.73. The first-order valence-corrected chi connectivity index (χ1v) is 6.30. The highest BCUT2D eigenvalue weighted by Crippen LogP contribution is 2.32. The van der Waals surface area contributed by atoms with Crippen molar-refractivity contribution in [3.05, 3.63) is 0 Å². The highest BCUT2D eigenvalue weighted by Gasteiger charge is 2.39. The van der Waals surface area contributed by atoms with Gasteiger partial charge in [-0.25, -0.2) is 4.79 Å². The van der Waals surface area contributed by atoms with Gasteiger partial charge in [-0.1, -0.05) is 13.8 Å². The Kier molecular flexibility index (Phi) is 4.93. The third-order valence-corrected chi connectivity index (χ3v) is 3.73. The molecule has 1 rings (SSSR count). The lowest BCUT2D eigenvalue weighted by molar-refractivity contribution is -0.144. The van der Waals surface area contributed by atoms with E-state index in [0.717, 1.165) is 32.4 Å². The summed E-state index contributed by atoms with van der Waals surface area (Å²) in [5, 5.41) is 14.8. The van der Waals surface area contributed by atoms with Gasteiger partial charge in [0.1, 0.15) is 6.04 Å². The fourth-order valence-electron chi connectivity index (χ4n) is 2.30. The monoisotopic (exact) mass is 242 g/mol. The van der Waals surface area contributed by atoms with Gasteiger partial charge in [-0.05, 0) is 38.8 Å². The van der Waals surface area contributed by atoms with Gasteiger partial charge in [0.15, 0.2) is 0 Å². The molecule has 1 fully saturated rings. The van der Waals surface area contributed by atoms with Crippen LogP contribution < -0.4 is 10.6 Å². The first-order chi connectivity index (χ1) is 8.05. The van der Waals surface area contributed by atoms with Crippen LogP contribution in [0.25, 0.3) is 0 Å². The van der Waals surface area contributed by atoms with Gasteiger partial charge in [0, 0.05) is 0 Å². The topological polar surface area (TPSA) is 78.4 Å². The standard InChI is InChI=1S/C12H22N2O3/c1-3-9(10(15)16)14-11(17)12(4-2)5-7-13-8-6-12/h9,13H,3-8H2,1-2H3,(H,14,17)(H,15,16). The summed E-state index contributed by atoms with van der Waals surface area (Å²) in [7, 11) is 0. The second kappa shape index (κ2) is 6.00. The Morgan fingerprint density at radius 2 is 1.94 bits per heavy atom. The molecule has 0 aliphatic carbocycles. The second-order valence-corrected chi connectivity index (χ2v) is 4.66. The molecule has 0 aromatic carbocycles. The smallest absolute Gasteiger partial charge is 0.326 e. The fraction of sp³-hybridized carbons (Fsp3) is 0.833. The van der Waals surface area contributed by atoms with Gasteiger partial charge in [0.05, 0.1) is 5.41 Å². The van der Waals surface area contributed by atoms with Crippen LogP contribution >= 0.6 is 0 Å². The first-order valence-electron chi connectivity index (χ1n) is 6.30. The zero-order valence-corrected chi connectivity index (χ0v) is 10.6. The molecular weight excluding hydrogens is 220 g/mol. The number of amides is 1. The van der Waals surface area contributed by atoms with Crippen molar-refractivity contribution >= 4 is 11.9 Å². The molecule has 0 radical (unpaired) electrons. The highest BCUT2D eigenvalue weighted by molar-refractivity contribution is 5.87. The maximum atomic E-state index is 12.2. The predicted molar refractivity (Wildman–Crippen MR) is 64.7 cm³/mol. The minimum atomic E-state index is -0.957. The summed E-state index contributed by atoms with van der Waals surface area (Å²) in [6, 6.07) is -0.763. The molecule has 0 spiro atoms. The van der Waals surface area contributed by atoms with Crippen LogP contribution in [0.5, 0.6) is 0 Å². The van der Waals surface area contributed by atoms with Crippen molar-refractivity contribution in [1.29, 1.82) is 0 Å².